The molecular formula is C52H33NOS. The molecule has 11 aromatic rings. The molecule has 0 saturated heterocycles. The van der Waals surface area contributed by atoms with Crippen LogP contribution < -0.4 is 4.90 Å². The van der Waals surface area contributed by atoms with Crippen LogP contribution in [0.5, 0.6) is 0 Å². The van der Waals surface area contributed by atoms with Crippen LogP contribution in [0.1, 0.15) is 0 Å². The predicted molar refractivity (Wildman–Crippen MR) is 235 cm³/mol. The molecular weight excluding hydrogens is 687 g/mol. The highest BCUT2D eigenvalue weighted by molar-refractivity contribution is 7.25. The first-order chi connectivity index (χ1) is 27.2. The Kier molecular flexibility index (Phi) is 7.39. The van der Waals surface area contributed by atoms with E-state index in [0.29, 0.717) is 0 Å². The number of hydrogen-bond acceptors (Lipinski definition) is 3. The van der Waals surface area contributed by atoms with Gasteiger partial charge in [0.15, 0.2) is 0 Å². The molecule has 2 aromatic heterocycles. The lowest BCUT2D eigenvalue weighted by Gasteiger charge is -2.28. The van der Waals surface area contributed by atoms with Crippen LogP contribution in [-0.2, 0) is 0 Å². The average molecular weight is 720 g/mol. The van der Waals surface area contributed by atoms with E-state index in [9.17, 15) is 0 Å². The predicted octanol–water partition coefficient (Wildman–Crippen LogP) is 15.6. The Morgan fingerprint density at radius 3 is 1.76 bits per heavy atom. The fourth-order valence-electron chi connectivity index (χ4n) is 8.20. The maximum Gasteiger partial charge on any atom is 0.136 e. The molecule has 2 nitrogen and oxygen atoms in total. The lowest BCUT2D eigenvalue weighted by atomic mass is 9.96. The Balaban J connectivity index is 1.05. The van der Waals surface area contributed by atoms with E-state index in [1.165, 1.54) is 53.2 Å². The first-order valence-corrected chi connectivity index (χ1v) is 19.5. The summed E-state index contributed by atoms with van der Waals surface area (Å²) in [5.41, 5.74) is 12.2. The molecule has 55 heavy (non-hydrogen) atoms. The zero-order chi connectivity index (χ0) is 36.3. The summed E-state index contributed by atoms with van der Waals surface area (Å²) in [6.45, 7) is 0. The summed E-state index contributed by atoms with van der Waals surface area (Å²) >= 11 is 1.86. The SMILES string of the molecule is c1ccc(N(c2ccc(-c3ccc4ccccc4c3)cc2)c2ccc(-c3ccc4c(c3)oc3ccccc34)cc2)c(-c2cccc3sc4ccccc4c23)c1. The van der Waals surface area contributed by atoms with Gasteiger partial charge >= 0.3 is 0 Å². The Hall–Kier alpha value is -6.94. The van der Waals surface area contributed by atoms with Crippen LogP contribution in [0.15, 0.2) is 205 Å². The molecule has 0 spiro atoms. The second kappa shape index (κ2) is 12.9. The third-order valence-electron chi connectivity index (χ3n) is 10.9. The van der Waals surface area contributed by atoms with E-state index < -0.39 is 0 Å². The highest BCUT2D eigenvalue weighted by Gasteiger charge is 2.20. The number of furan rings is 1. The first-order valence-electron chi connectivity index (χ1n) is 18.7. The van der Waals surface area contributed by atoms with Gasteiger partial charge in [0.2, 0.25) is 0 Å². The lowest BCUT2D eigenvalue weighted by Crippen LogP contribution is -2.11. The van der Waals surface area contributed by atoms with Gasteiger partial charge in [-0.3, -0.25) is 0 Å². The molecule has 0 unspecified atom stereocenters. The minimum Gasteiger partial charge on any atom is -0.456 e. The molecule has 2 heterocycles. The molecule has 3 heteroatoms. The number of fused-ring (bicyclic) bond motifs is 7. The molecule has 0 saturated carbocycles. The van der Waals surface area contributed by atoms with Gasteiger partial charge in [-0.05, 0) is 105 Å². The number of para-hydroxylation sites is 2. The van der Waals surface area contributed by atoms with Crippen LogP contribution in [-0.4, -0.2) is 0 Å². The standard InChI is InChI=1S/C52H33NOS/c1-2-11-37-32-38(21-20-34(37)10-1)35-22-27-40(28-23-35)53(41-29-24-36(25-30-41)39-26-31-44-43-13-4-7-17-48(43)54-49(44)33-39)47-16-6-3-12-42(47)45-15-9-19-51-52(45)46-14-5-8-18-50(46)55-51/h1-33H. The summed E-state index contributed by atoms with van der Waals surface area (Å²) in [4.78, 5) is 2.40. The summed E-state index contributed by atoms with van der Waals surface area (Å²) in [6, 6.07) is 72.3. The smallest absolute Gasteiger partial charge is 0.136 e. The molecule has 11 rings (SSSR count). The van der Waals surface area contributed by atoms with Crippen molar-refractivity contribution in [1.82, 2.24) is 0 Å². The topological polar surface area (TPSA) is 16.4 Å². The fraction of sp³-hybridized carbons (Fsp3) is 0. The van der Waals surface area contributed by atoms with E-state index in [4.69, 9.17) is 4.42 Å². The molecule has 0 atom stereocenters. The van der Waals surface area contributed by atoms with E-state index in [0.717, 1.165) is 50.1 Å². The van der Waals surface area contributed by atoms with E-state index in [1.807, 2.05) is 23.5 Å². The molecule has 0 fully saturated rings. The first kappa shape index (κ1) is 31.6. The highest BCUT2D eigenvalue weighted by atomic mass is 32.1. The van der Waals surface area contributed by atoms with Crippen molar-refractivity contribution >= 4 is 81.3 Å². The third-order valence-corrected chi connectivity index (χ3v) is 12.0. The maximum absolute atomic E-state index is 6.25. The zero-order valence-electron chi connectivity index (χ0n) is 29.8. The minimum absolute atomic E-state index is 0.903. The zero-order valence-corrected chi connectivity index (χ0v) is 30.6. The molecule has 0 aliphatic carbocycles. The normalized spacial score (nSPS) is 11.6. The van der Waals surface area contributed by atoms with Gasteiger partial charge in [-0.25, -0.2) is 0 Å². The Morgan fingerprint density at radius 1 is 0.364 bits per heavy atom. The Morgan fingerprint density at radius 2 is 0.945 bits per heavy atom. The van der Waals surface area contributed by atoms with E-state index in [1.54, 1.807) is 0 Å². The van der Waals surface area contributed by atoms with E-state index in [-0.39, 0.29) is 0 Å². The second-order valence-electron chi connectivity index (χ2n) is 14.1. The van der Waals surface area contributed by atoms with Crippen molar-refractivity contribution in [3.05, 3.63) is 200 Å². The van der Waals surface area contributed by atoms with Crippen molar-refractivity contribution < 1.29 is 4.42 Å². The largest absolute Gasteiger partial charge is 0.456 e. The van der Waals surface area contributed by atoms with Crippen molar-refractivity contribution in [2.24, 2.45) is 0 Å². The minimum atomic E-state index is 0.903. The third kappa shape index (κ3) is 5.40. The molecule has 0 aliphatic rings. The van der Waals surface area contributed by atoms with Gasteiger partial charge in [-0.2, -0.15) is 0 Å². The summed E-state index contributed by atoms with van der Waals surface area (Å²) in [6.07, 6.45) is 0. The number of hydrogen-bond donors (Lipinski definition) is 0. The van der Waals surface area contributed by atoms with Crippen molar-refractivity contribution in [2.75, 3.05) is 4.90 Å². The van der Waals surface area contributed by atoms with Crippen molar-refractivity contribution in [3.63, 3.8) is 0 Å². The number of benzene rings is 9. The van der Waals surface area contributed by atoms with Gasteiger partial charge < -0.3 is 9.32 Å². The van der Waals surface area contributed by atoms with Crippen LogP contribution in [0.3, 0.4) is 0 Å². The molecule has 258 valence electrons. The summed E-state index contributed by atoms with van der Waals surface area (Å²) in [5.74, 6) is 0. The van der Waals surface area contributed by atoms with E-state index in [2.05, 4.69) is 193 Å². The van der Waals surface area contributed by atoms with Gasteiger partial charge in [-0.15, -0.1) is 11.3 Å². The van der Waals surface area contributed by atoms with Crippen LogP contribution in [0.2, 0.25) is 0 Å². The summed E-state index contributed by atoms with van der Waals surface area (Å²) < 4.78 is 8.86. The van der Waals surface area contributed by atoms with Crippen molar-refractivity contribution in [3.8, 4) is 33.4 Å². The van der Waals surface area contributed by atoms with E-state index >= 15 is 0 Å². The number of thiophene rings is 1. The molecule has 0 aliphatic heterocycles. The van der Waals surface area contributed by atoms with Crippen LogP contribution >= 0.6 is 11.3 Å². The highest BCUT2D eigenvalue weighted by Crippen LogP contribution is 2.46. The fourth-order valence-corrected chi connectivity index (χ4v) is 9.34. The average Bonchev–Trinajstić information content (AvgIpc) is 3.83. The van der Waals surface area contributed by atoms with Gasteiger partial charge in [0.25, 0.3) is 0 Å². The van der Waals surface area contributed by atoms with Gasteiger partial charge in [0, 0.05) is 47.9 Å². The van der Waals surface area contributed by atoms with Gasteiger partial charge in [0.05, 0.1) is 5.69 Å². The number of nitrogens with zero attached hydrogens (tertiary/aromatic N) is 1. The molecule has 0 N–H and O–H groups in total. The summed E-state index contributed by atoms with van der Waals surface area (Å²) in [7, 11) is 0. The molecule has 0 amide bonds. The quantitative estimate of drug-likeness (QED) is 0.170. The van der Waals surface area contributed by atoms with Crippen molar-refractivity contribution in [1.29, 1.82) is 0 Å². The van der Waals surface area contributed by atoms with Gasteiger partial charge in [0.1, 0.15) is 11.2 Å². The lowest BCUT2D eigenvalue weighted by molar-refractivity contribution is 0.669. The number of rotatable bonds is 6. The van der Waals surface area contributed by atoms with Crippen molar-refractivity contribution in [2.45, 2.75) is 0 Å². The maximum atomic E-state index is 6.25. The molecule has 0 radical (unpaired) electrons. The second-order valence-corrected chi connectivity index (χ2v) is 15.2. The molecule has 0 bridgehead atoms. The van der Waals surface area contributed by atoms with Crippen LogP contribution in [0, 0.1) is 0 Å². The monoisotopic (exact) mass is 719 g/mol. The number of anilines is 3. The van der Waals surface area contributed by atoms with Gasteiger partial charge in [-0.1, -0.05) is 133 Å². The molecule has 9 aromatic carbocycles. The Bertz CT molecular complexity index is 3210. The van der Waals surface area contributed by atoms with Crippen LogP contribution in [0.25, 0.3) is 86.3 Å². The summed E-state index contributed by atoms with van der Waals surface area (Å²) in [5, 5.41) is 7.38. The Labute approximate surface area is 322 Å². The van der Waals surface area contributed by atoms with Crippen LogP contribution in [0.4, 0.5) is 17.1 Å².